The zero-order chi connectivity index (χ0) is 29.5. The number of esters is 1. The lowest BCUT2D eigenvalue weighted by Crippen LogP contribution is -2.32. The molecule has 2 aliphatic rings. The topological polar surface area (TPSA) is 115 Å². The van der Waals surface area contributed by atoms with Crippen LogP contribution in [0.1, 0.15) is 33.0 Å². The van der Waals surface area contributed by atoms with Gasteiger partial charge in [0.05, 0.1) is 28.8 Å². The van der Waals surface area contributed by atoms with Crippen molar-refractivity contribution in [2.24, 2.45) is 5.92 Å². The maximum absolute atomic E-state index is 13.8. The minimum Gasteiger partial charge on any atom is -0.462 e. The van der Waals surface area contributed by atoms with Crippen molar-refractivity contribution >= 4 is 85.4 Å². The first-order valence-electron chi connectivity index (χ1n) is 12.9. The van der Waals surface area contributed by atoms with Crippen molar-refractivity contribution in [2.45, 2.75) is 29.7 Å². The van der Waals surface area contributed by atoms with E-state index in [0.717, 1.165) is 20.7 Å². The highest BCUT2D eigenvalue weighted by Crippen LogP contribution is 2.54. The van der Waals surface area contributed by atoms with Crippen LogP contribution in [0.25, 0.3) is 0 Å². The Bertz CT molecular complexity index is 1750. The van der Waals surface area contributed by atoms with Gasteiger partial charge in [-0.3, -0.25) is 23.7 Å². The van der Waals surface area contributed by atoms with Gasteiger partial charge in [0, 0.05) is 25.8 Å². The van der Waals surface area contributed by atoms with E-state index < -0.39 is 29.0 Å². The molecule has 1 saturated heterocycles. The highest BCUT2D eigenvalue weighted by molar-refractivity contribution is 9.10. The highest BCUT2D eigenvalue weighted by atomic mass is 79.9. The van der Waals surface area contributed by atoms with Crippen molar-refractivity contribution in [3.63, 3.8) is 0 Å². The maximum Gasteiger partial charge on any atom is 0.338 e. The summed E-state index contributed by atoms with van der Waals surface area (Å²) in [5.74, 6) is -2.72. The van der Waals surface area contributed by atoms with Crippen LogP contribution in [0.15, 0.2) is 80.3 Å². The van der Waals surface area contributed by atoms with Gasteiger partial charge in [0.2, 0.25) is 17.7 Å². The number of fused-ring (bicyclic) bond motifs is 2. The molecule has 2 aromatic heterocycles. The van der Waals surface area contributed by atoms with E-state index in [2.05, 4.69) is 21.2 Å². The monoisotopic (exact) mass is 683 g/mol. The SMILES string of the molecule is CCOC(=O)c1ccc(NC(=O)Cn2c3c(sc2=O)[C@@H](c2cccs2)C2C(=O)N(c4ccc(Br)cc4)C(=O)C2S3)cc1. The quantitative estimate of drug-likeness (QED) is 0.206. The number of carbonyl (C=O) groups excluding carboxylic acids is 4. The zero-order valence-electron chi connectivity index (χ0n) is 21.9. The van der Waals surface area contributed by atoms with E-state index in [-0.39, 0.29) is 29.8 Å². The molecule has 0 bridgehead atoms. The highest BCUT2D eigenvalue weighted by Gasteiger charge is 2.57. The minimum atomic E-state index is -0.750. The second-order valence-electron chi connectivity index (χ2n) is 9.52. The number of anilines is 2. The van der Waals surface area contributed by atoms with E-state index in [1.54, 1.807) is 55.5 Å². The number of carbonyl (C=O) groups is 4. The van der Waals surface area contributed by atoms with Crippen LogP contribution in [0.4, 0.5) is 11.4 Å². The molecule has 1 fully saturated rings. The number of ether oxygens (including phenoxy) is 1. The molecule has 0 aliphatic carbocycles. The lowest BCUT2D eigenvalue weighted by Gasteiger charge is -2.29. The first-order valence-corrected chi connectivity index (χ1v) is 16.3. The van der Waals surface area contributed by atoms with E-state index >= 15 is 0 Å². The Morgan fingerprint density at radius 1 is 1.00 bits per heavy atom. The summed E-state index contributed by atoms with van der Waals surface area (Å²) in [6.45, 7) is 1.70. The molecule has 2 aliphatic heterocycles. The molecule has 0 radical (unpaired) electrons. The third-order valence-electron chi connectivity index (χ3n) is 6.97. The van der Waals surface area contributed by atoms with E-state index in [1.807, 2.05) is 17.5 Å². The lowest BCUT2D eigenvalue weighted by atomic mass is 9.87. The first kappa shape index (κ1) is 28.6. The molecule has 9 nitrogen and oxygen atoms in total. The number of imide groups is 1. The van der Waals surface area contributed by atoms with Gasteiger partial charge in [-0.2, -0.15) is 0 Å². The van der Waals surface area contributed by atoms with Crippen LogP contribution in [-0.4, -0.2) is 40.1 Å². The van der Waals surface area contributed by atoms with E-state index in [9.17, 15) is 24.0 Å². The van der Waals surface area contributed by atoms with Gasteiger partial charge < -0.3 is 10.1 Å². The maximum atomic E-state index is 13.8. The normalized spacial score (nSPS) is 19.4. The summed E-state index contributed by atoms with van der Waals surface area (Å²) in [5.41, 5.74) is 1.30. The van der Waals surface area contributed by atoms with Crippen molar-refractivity contribution in [2.75, 3.05) is 16.8 Å². The van der Waals surface area contributed by atoms with Gasteiger partial charge in [0.1, 0.15) is 11.8 Å². The smallest absolute Gasteiger partial charge is 0.338 e. The fourth-order valence-corrected chi connectivity index (χ4v) is 9.11. The van der Waals surface area contributed by atoms with E-state index in [4.69, 9.17) is 4.74 Å². The number of benzene rings is 2. The van der Waals surface area contributed by atoms with E-state index in [1.165, 1.54) is 32.6 Å². The summed E-state index contributed by atoms with van der Waals surface area (Å²) < 4.78 is 7.19. The van der Waals surface area contributed by atoms with Gasteiger partial charge >= 0.3 is 10.8 Å². The van der Waals surface area contributed by atoms with Gasteiger partial charge in [0.25, 0.3) is 0 Å². The van der Waals surface area contributed by atoms with Crippen molar-refractivity contribution < 1.29 is 23.9 Å². The molecule has 0 saturated carbocycles. The standard InChI is InChI=1S/C29H22BrN3O6S3/c1-2-39-28(37)15-5-9-17(10-6-15)31-20(34)14-32-27-24(42-29(32)38)21(19-4-3-13-40-19)22-23(41-27)26(36)33(25(22)35)18-11-7-16(30)8-12-18/h3-13,21-23H,2,14H2,1H3,(H,31,34)/t21-,22?,23?/m0/s1. The van der Waals surface area contributed by atoms with Crippen LogP contribution >= 0.6 is 50.4 Å². The molecule has 4 aromatic rings. The summed E-state index contributed by atoms with van der Waals surface area (Å²) in [6.07, 6.45) is 0. The number of hydrogen-bond donors (Lipinski definition) is 1. The van der Waals surface area contributed by atoms with Crippen LogP contribution in [0, 0.1) is 5.92 Å². The molecular weight excluding hydrogens is 662 g/mol. The number of nitrogens with one attached hydrogen (secondary N) is 1. The molecule has 4 heterocycles. The Hall–Kier alpha value is -3.52. The molecule has 214 valence electrons. The molecular formula is C29H22BrN3O6S3. The number of hydrogen-bond acceptors (Lipinski definition) is 9. The van der Waals surface area contributed by atoms with Crippen LogP contribution in [0.2, 0.25) is 0 Å². The van der Waals surface area contributed by atoms with Gasteiger partial charge in [-0.25, -0.2) is 9.69 Å². The third-order valence-corrected chi connectivity index (χ3v) is 11.1. The molecule has 3 atom stereocenters. The minimum absolute atomic E-state index is 0.256. The Balaban J connectivity index is 1.30. The Morgan fingerprint density at radius 2 is 1.74 bits per heavy atom. The summed E-state index contributed by atoms with van der Waals surface area (Å²) in [4.78, 5) is 68.3. The summed E-state index contributed by atoms with van der Waals surface area (Å²) in [5, 5.41) is 4.44. The summed E-state index contributed by atoms with van der Waals surface area (Å²) >= 11 is 7.04. The molecule has 2 unspecified atom stereocenters. The number of nitrogens with zero attached hydrogens (tertiary/aromatic N) is 2. The van der Waals surface area contributed by atoms with Crippen molar-refractivity contribution in [1.82, 2.24) is 4.57 Å². The number of thiophene rings is 1. The number of rotatable bonds is 7. The van der Waals surface area contributed by atoms with Crippen molar-refractivity contribution in [1.29, 1.82) is 0 Å². The predicted octanol–water partition coefficient (Wildman–Crippen LogP) is 5.35. The fraction of sp³-hybridized carbons (Fsp3) is 0.207. The second kappa shape index (κ2) is 11.6. The Morgan fingerprint density at radius 3 is 2.40 bits per heavy atom. The van der Waals surface area contributed by atoms with Gasteiger partial charge in [-0.05, 0) is 66.9 Å². The molecule has 0 spiro atoms. The number of halogens is 1. The summed E-state index contributed by atoms with van der Waals surface area (Å²) in [6, 6.07) is 17.1. The second-order valence-corrected chi connectivity index (χ2v) is 13.5. The number of thiazole rings is 1. The van der Waals surface area contributed by atoms with Gasteiger partial charge in [0.15, 0.2) is 0 Å². The zero-order valence-corrected chi connectivity index (χ0v) is 26.0. The summed E-state index contributed by atoms with van der Waals surface area (Å²) in [7, 11) is 0. The largest absolute Gasteiger partial charge is 0.462 e. The first-order chi connectivity index (χ1) is 20.3. The molecule has 1 N–H and O–H groups in total. The van der Waals surface area contributed by atoms with Gasteiger partial charge in [-0.1, -0.05) is 45.1 Å². The van der Waals surface area contributed by atoms with E-state index in [0.29, 0.717) is 26.8 Å². The van der Waals surface area contributed by atoms with Crippen LogP contribution in [-0.2, 0) is 25.7 Å². The third kappa shape index (κ3) is 5.14. The number of amides is 3. The average Bonchev–Trinajstić information content (AvgIpc) is 3.67. The molecule has 3 amide bonds. The van der Waals surface area contributed by atoms with Crippen LogP contribution in [0.5, 0.6) is 0 Å². The fourth-order valence-electron chi connectivity index (χ4n) is 5.12. The van der Waals surface area contributed by atoms with Crippen LogP contribution in [0.3, 0.4) is 0 Å². The predicted molar refractivity (Wildman–Crippen MR) is 166 cm³/mol. The van der Waals surface area contributed by atoms with Gasteiger partial charge in [-0.15, -0.1) is 11.3 Å². The molecule has 2 aromatic carbocycles. The van der Waals surface area contributed by atoms with Crippen molar-refractivity contribution in [3.05, 3.63) is 95.5 Å². The number of thioether (sulfide) groups is 1. The molecule has 42 heavy (non-hydrogen) atoms. The molecule has 6 rings (SSSR count). The Kier molecular flexibility index (Phi) is 7.92. The Labute approximate surface area is 260 Å². The average molecular weight is 685 g/mol. The molecule has 13 heteroatoms. The number of aromatic nitrogens is 1. The van der Waals surface area contributed by atoms with Crippen LogP contribution < -0.4 is 15.1 Å². The lowest BCUT2D eigenvalue weighted by molar-refractivity contribution is -0.122. The van der Waals surface area contributed by atoms with Crippen molar-refractivity contribution in [3.8, 4) is 0 Å².